The Balaban J connectivity index is 1.65. The first-order valence-corrected chi connectivity index (χ1v) is 7.06. The molecule has 2 aliphatic rings. The molecule has 0 bridgehead atoms. The van der Waals surface area contributed by atoms with E-state index in [1.165, 1.54) is 17.0 Å². The molecule has 1 unspecified atom stereocenters. The minimum atomic E-state index is -0.636. The third-order valence-electron chi connectivity index (χ3n) is 3.91. The SMILES string of the molecule is O=C1CN(CCc2cc(F)cc(F)c2)C(=O)C(C2CC2)N1. The van der Waals surface area contributed by atoms with Crippen molar-refractivity contribution in [3.05, 3.63) is 35.4 Å². The first kappa shape index (κ1) is 14.0. The van der Waals surface area contributed by atoms with Crippen LogP contribution in [0.15, 0.2) is 18.2 Å². The van der Waals surface area contributed by atoms with Gasteiger partial charge in [-0.15, -0.1) is 0 Å². The monoisotopic (exact) mass is 294 g/mol. The molecule has 112 valence electrons. The van der Waals surface area contributed by atoms with Crippen LogP contribution < -0.4 is 5.32 Å². The van der Waals surface area contributed by atoms with E-state index in [2.05, 4.69) is 5.32 Å². The quantitative estimate of drug-likeness (QED) is 0.908. The van der Waals surface area contributed by atoms with Gasteiger partial charge in [-0.1, -0.05) is 0 Å². The van der Waals surface area contributed by atoms with Crippen LogP contribution in [0.1, 0.15) is 18.4 Å². The van der Waals surface area contributed by atoms with Gasteiger partial charge in [0.25, 0.3) is 0 Å². The van der Waals surface area contributed by atoms with Crippen LogP contribution in [0, 0.1) is 17.6 Å². The Kier molecular flexibility index (Phi) is 3.61. The summed E-state index contributed by atoms with van der Waals surface area (Å²) in [7, 11) is 0. The number of carbonyl (C=O) groups is 2. The molecule has 4 nitrogen and oxygen atoms in total. The summed E-state index contributed by atoms with van der Waals surface area (Å²) in [5.74, 6) is -1.28. The van der Waals surface area contributed by atoms with Crippen molar-refractivity contribution in [3.8, 4) is 0 Å². The van der Waals surface area contributed by atoms with Crippen molar-refractivity contribution in [2.75, 3.05) is 13.1 Å². The number of amides is 2. The van der Waals surface area contributed by atoms with Crippen LogP contribution in [0.4, 0.5) is 8.78 Å². The van der Waals surface area contributed by atoms with E-state index in [1.54, 1.807) is 0 Å². The summed E-state index contributed by atoms with van der Waals surface area (Å²) >= 11 is 0. The van der Waals surface area contributed by atoms with E-state index < -0.39 is 17.7 Å². The topological polar surface area (TPSA) is 49.4 Å². The smallest absolute Gasteiger partial charge is 0.245 e. The van der Waals surface area contributed by atoms with Crippen LogP contribution in [0.5, 0.6) is 0 Å². The summed E-state index contributed by atoms with van der Waals surface area (Å²) in [6.07, 6.45) is 2.24. The molecule has 1 heterocycles. The number of hydrogen-bond donors (Lipinski definition) is 1. The molecule has 1 atom stereocenters. The Morgan fingerprint density at radius 1 is 1.14 bits per heavy atom. The zero-order valence-electron chi connectivity index (χ0n) is 11.4. The van der Waals surface area contributed by atoms with Crippen molar-refractivity contribution in [1.29, 1.82) is 0 Å². The van der Waals surface area contributed by atoms with Crippen LogP contribution in [-0.4, -0.2) is 35.8 Å². The summed E-state index contributed by atoms with van der Waals surface area (Å²) in [5.41, 5.74) is 0.481. The van der Waals surface area contributed by atoms with E-state index in [-0.39, 0.29) is 24.3 Å². The number of benzene rings is 1. The van der Waals surface area contributed by atoms with E-state index in [9.17, 15) is 18.4 Å². The van der Waals surface area contributed by atoms with Gasteiger partial charge in [0, 0.05) is 12.6 Å². The fourth-order valence-corrected chi connectivity index (χ4v) is 2.69. The average molecular weight is 294 g/mol. The molecule has 2 fully saturated rings. The van der Waals surface area contributed by atoms with Crippen LogP contribution in [0.3, 0.4) is 0 Å². The molecular formula is C15H16F2N2O2. The summed E-state index contributed by atoms with van der Waals surface area (Å²) < 4.78 is 26.2. The number of carbonyl (C=O) groups excluding carboxylic acids is 2. The van der Waals surface area contributed by atoms with Gasteiger partial charge in [-0.2, -0.15) is 0 Å². The lowest BCUT2D eigenvalue weighted by Crippen LogP contribution is -2.59. The van der Waals surface area contributed by atoms with Gasteiger partial charge in [0.1, 0.15) is 17.7 Å². The zero-order valence-corrected chi connectivity index (χ0v) is 11.4. The third-order valence-corrected chi connectivity index (χ3v) is 3.91. The van der Waals surface area contributed by atoms with Crippen molar-refractivity contribution in [3.63, 3.8) is 0 Å². The normalized spacial score (nSPS) is 22.4. The number of hydrogen-bond acceptors (Lipinski definition) is 2. The Morgan fingerprint density at radius 2 is 1.81 bits per heavy atom. The molecule has 0 aromatic heterocycles. The highest BCUT2D eigenvalue weighted by molar-refractivity contribution is 5.95. The van der Waals surface area contributed by atoms with Crippen LogP contribution >= 0.6 is 0 Å². The second-order valence-electron chi connectivity index (χ2n) is 5.67. The molecule has 1 N–H and O–H groups in total. The highest BCUT2D eigenvalue weighted by Gasteiger charge is 2.42. The number of piperazine rings is 1. The van der Waals surface area contributed by atoms with Crippen molar-refractivity contribution in [2.24, 2.45) is 5.92 Å². The Hall–Kier alpha value is -1.98. The highest BCUT2D eigenvalue weighted by atomic mass is 19.1. The lowest BCUT2D eigenvalue weighted by molar-refractivity contribution is -0.144. The van der Waals surface area contributed by atoms with E-state index in [1.807, 2.05) is 0 Å². The molecule has 1 aromatic carbocycles. The summed E-state index contributed by atoms with van der Waals surface area (Å²) in [4.78, 5) is 25.4. The number of halogens is 2. The lowest BCUT2D eigenvalue weighted by atomic mass is 10.1. The number of nitrogens with one attached hydrogen (secondary N) is 1. The van der Waals surface area contributed by atoms with Gasteiger partial charge in [0.05, 0.1) is 6.54 Å². The minimum absolute atomic E-state index is 0.0137. The second-order valence-corrected chi connectivity index (χ2v) is 5.67. The fraction of sp³-hybridized carbons (Fsp3) is 0.467. The number of nitrogens with zero attached hydrogens (tertiary/aromatic N) is 1. The van der Waals surface area contributed by atoms with Crippen LogP contribution in [0.25, 0.3) is 0 Å². The molecule has 2 amide bonds. The molecule has 6 heteroatoms. The Bertz CT molecular complexity index is 567. The Morgan fingerprint density at radius 3 is 2.43 bits per heavy atom. The van der Waals surface area contributed by atoms with Gasteiger partial charge in [-0.25, -0.2) is 8.78 Å². The maximum Gasteiger partial charge on any atom is 0.245 e. The zero-order chi connectivity index (χ0) is 15.0. The summed E-state index contributed by atoms with van der Waals surface area (Å²) in [6.45, 7) is 0.304. The molecule has 0 radical (unpaired) electrons. The fourth-order valence-electron chi connectivity index (χ4n) is 2.69. The summed E-state index contributed by atoms with van der Waals surface area (Å²) in [5, 5.41) is 2.72. The summed E-state index contributed by atoms with van der Waals surface area (Å²) in [6, 6.07) is 2.88. The molecule has 3 rings (SSSR count). The van der Waals surface area contributed by atoms with Crippen LogP contribution in [0.2, 0.25) is 0 Å². The largest absolute Gasteiger partial charge is 0.342 e. The average Bonchev–Trinajstić information content (AvgIpc) is 3.22. The standard InChI is InChI=1S/C15H16F2N2O2/c16-11-5-9(6-12(17)7-11)3-4-19-8-13(20)18-14(15(19)21)10-1-2-10/h5-7,10,14H,1-4,8H2,(H,18,20). The molecule has 0 spiro atoms. The van der Waals surface area contributed by atoms with Crippen molar-refractivity contribution in [1.82, 2.24) is 10.2 Å². The number of rotatable bonds is 4. The van der Waals surface area contributed by atoms with Gasteiger partial charge in [0.2, 0.25) is 11.8 Å². The lowest BCUT2D eigenvalue weighted by Gasteiger charge is -2.32. The first-order chi connectivity index (χ1) is 10.0. The van der Waals surface area contributed by atoms with Crippen LogP contribution in [-0.2, 0) is 16.0 Å². The maximum atomic E-state index is 13.1. The third kappa shape index (κ3) is 3.20. The minimum Gasteiger partial charge on any atom is -0.342 e. The van der Waals surface area contributed by atoms with Gasteiger partial charge in [-0.05, 0) is 42.9 Å². The van der Waals surface area contributed by atoms with E-state index in [4.69, 9.17) is 0 Å². The predicted molar refractivity (Wildman–Crippen MR) is 71.3 cm³/mol. The van der Waals surface area contributed by atoms with E-state index in [0.717, 1.165) is 18.9 Å². The highest BCUT2D eigenvalue weighted by Crippen LogP contribution is 2.34. The van der Waals surface area contributed by atoms with E-state index in [0.29, 0.717) is 18.5 Å². The first-order valence-electron chi connectivity index (χ1n) is 7.06. The Labute approximate surface area is 121 Å². The van der Waals surface area contributed by atoms with Gasteiger partial charge in [-0.3, -0.25) is 9.59 Å². The second kappa shape index (κ2) is 5.42. The molecule has 1 aromatic rings. The van der Waals surface area contributed by atoms with E-state index >= 15 is 0 Å². The molecule has 21 heavy (non-hydrogen) atoms. The van der Waals surface area contributed by atoms with Gasteiger partial charge >= 0.3 is 0 Å². The van der Waals surface area contributed by atoms with Crippen molar-refractivity contribution in [2.45, 2.75) is 25.3 Å². The maximum absolute atomic E-state index is 13.1. The van der Waals surface area contributed by atoms with Gasteiger partial charge < -0.3 is 10.2 Å². The molecule has 1 aliphatic carbocycles. The predicted octanol–water partition coefficient (Wildman–Crippen LogP) is 1.24. The van der Waals surface area contributed by atoms with Crippen molar-refractivity contribution < 1.29 is 18.4 Å². The van der Waals surface area contributed by atoms with Crippen molar-refractivity contribution >= 4 is 11.8 Å². The molecule has 1 aliphatic heterocycles. The molecule has 1 saturated heterocycles. The molecular weight excluding hydrogens is 278 g/mol. The molecule has 1 saturated carbocycles. The van der Waals surface area contributed by atoms with Gasteiger partial charge in [0.15, 0.2) is 0 Å².